The molecule has 0 spiro atoms. The Bertz CT molecular complexity index is 436. The van der Waals surface area contributed by atoms with Crippen LogP contribution >= 0.6 is 11.6 Å². The number of benzene rings is 1. The molecule has 0 saturated heterocycles. The number of hydrogen-bond donors (Lipinski definition) is 1. The van der Waals surface area contributed by atoms with E-state index in [-0.39, 0.29) is 18.0 Å². The minimum atomic E-state index is -0.237. The lowest BCUT2D eigenvalue weighted by Gasteiger charge is -2.28. The highest BCUT2D eigenvalue weighted by molar-refractivity contribution is 6.31. The number of rotatable bonds is 8. The van der Waals surface area contributed by atoms with E-state index in [2.05, 4.69) is 12.2 Å². The van der Waals surface area contributed by atoms with Crippen LogP contribution in [0.3, 0.4) is 0 Å². The third-order valence-electron chi connectivity index (χ3n) is 3.76. The van der Waals surface area contributed by atoms with Crippen LogP contribution in [0, 0.1) is 11.7 Å². The van der Waals surface area contributed by atoms with Crippen molar-refractivity contribution in [3.8, 4) is 0 Å². The topological polar surface area (TPSA) is 21.3 Å². The summed E-state index contributed by atoms with van der Waals surface area (Å²) in [6.07, 6.45) is 3.35. The van der Waals surface area contributed by atoms with E-state index in [1.807, 2.05) is 6.92 Å². The van der Waals surface area contributed by atoms with Gasteiger partial charge in [0.05, 0.1) is 6.10 Å². The molecule has 0 aliphatic heterocycles. The lowest BCUT2D eigenvalue weighted by molar-refractivity contribution is 0.0196. The Morgan fingerprint density at radius 2 is 2.15 bits per heavy atom. The monoisotopic (exact) mass is 299 g/mol. The van der Waals surface area contributed by atoms with E-state index in [4.69, 9.17) is 16.3 Å². The van der Waals surface area contributed by atoms with Crippen molar-refractivity contribution in [2.24, 2.45) is 5.92 Å². The largest absolute Gasteiger partial charge is 0.377 e. The molecule has 112 valence electrons. The third-order valence-corrected chi connectivity index (χ3v) is 4.12. The molecule has 0 radical (unpaired) electrons. The number of nitrogens with one attached hydrogen (secondary N) is 1. The normalized spacial score (nSPS) is 18.0. The standard InChI is InChI=1S/C16H23ClFNO/c1-3-19-15(16(20-4-2)11-5-6-11)10-12-9-13(18)7-8-14(12)17/h7-9,11,15-16,19H,3-6,10H2,1-2H3. The third kappa shape index (κ3) is 4.18. The molecular weight excluding hydrogens is 277 g/mol. The summed E-state index contributed by atoms with van der Waals surface area (Å²) < 4.78 is 19.3. The molecule has 1 aliphatic carbocycles. The average molecular weight is 300 g/mol. The molecule has 0 amide bonds. The second-order valence-corrected chi connectivity index (χ2v) is 5.77. The zero-order valence-electron chi connectivity index (χ0n) is 12.2. The Balaban J connectivity index is 2.12. The first-order valence-corrected chi connectivity index (χ1v) is 7.82. The van der Waals surface area contributed by atoms with Gasteiger partial charge < -0.3 is 10.1 Å². The van der Waals surface area contributed by atoms with E-state index in [9.17, 15) is 4.39 Å². The van der Waals surface area contributed by atoms with Gasteiger partial charge in [-0.2, -0.15) is 0 Å². The van der Waals surface area contributed by atoms with Gasteiger partial charge in [0.2, 0.25) is 0 Å². The van der Waals surface area contributed by atoms with Crippen LogP contribution in [0.2, 0.25) is 5.02 Å². The van der Waals surface area contributed by atoms with Crippen molar-refractivity contribution in [3.63, 3.8) is 0 Å². The fourth-order valence-corrected chi connectivity index (χ4v) is 2.90. The molecule has 1 N–H and O–H groups in total. The van der Waals surface area contributed by atoms with Crippen molar-refractivity contribution in [2.75, 3.05) is 13.2 Å². The summed E-state index contributed by atoms with van der Waals surface area (Å²) >= 11 is 6.18. The molecule has 1 aromatic rings. The van der Waals surface area contributed by atoms with Gasteiger partial charge in [0.15, 0.2) is 0 Å². The lowest BCUT2D eigenvalue weighted by atomic mass is 9.98. The quantitative estimate of drug-likeness (QED) is 0.788. The number of likely N-dealkylation sites (N-methyl/N-ethyl adjacent to an activating group) is 1. The van der Waals surface area contributed by atoms with Gasteiger partial charge in [-0.3, -0.25) is 0 Å². The van der Waals surface area contributed by atoms with Crippen LogP contribution in [-0.4, -0.2) is 25.3 Å². The molecule has 4 heteroatoms. The van der Waals surface area contributed by atoms with Gasteiger partial charge in [0.1, 0.15) is 5.82 Å². The van der Waals surface area contributed by atoms with Crippen LogP contribution in [0.1, 0.15) is 32.3 Å². The highest BCUT2D eigenvalue weighted by atomic mass is 35.5. The summed E-state index contributed by atoms with van der Waals surface area (Å²) in [5.41, 5.74) is 0.850. The maximum atomic E-state index is 13.4. The Kier molecular flexibility index (Phi) is 5.82. The zero-order chi connectivity index (χ0) is 14.5. The zero-order valence-corrected chi connectivity index (χ0v) is 12.9. The van der Waals surface area contributed by atoms with Gasteiger partial charge >= 0.3 is 0 Å². The van der Waals surface area contributed by atoms with E-state index in [1.54, 1.807) is 6.07 Å². The smallest absolute Gasteiger partial charge is 0.123 e. The summed E-state index contributed by atoms with van der Waals surface area (Å²) in [5.74, 6) is 0.394. The van der Waals surface area contributed by atoms with Crippen LogP contribution in [-0.2, 0) is 11.2 Å². The van der Waals surface area contributed by atoms with Crippen molar-refractivity contribution < 1.29 is 9.13 Å². The molecule has 1 aromatic carbocycles. The molecule has 0 bridgehead atoms. The highest BCUT2D eigenvalue weighted by Crippen LogP contribution is 2.37. The fraction of sp³-hybridized carbons (Fsp3) is 0.625. The maximum absolute atomic E-state index is 13.4. The number of halogens is 2. The van der Waals surface area contributed by atoms with Crippen LogP contribution in [0.15, 0.2) is 18.2 Å². The van der Waals surface area contributed by atoms with Crippen LogP contribution < -0.4 is 5.32 Å². The van der Waals surface area contributed by atoms with Crippen LogP contribution in [0.5, 0.6) is 0 Å². The number of ether oxygens (including phenoxy) is 1. The van der Waals surface area contributed by atoms with Gasteiger partial charge in [0.25, 0.3) is 0 Å². The lowest BCUT2D eigenvalue weighted by Crippen LogP contribution is -2.44. The Labute approximate surface area is 125 Å². The van der Waals surface area contributed by atoms with Crippen molar-refractivity contribution in [2.45, 2.75) is 45.3 Å². The van der Waals surface area contributed by atoms with Gasteiger partial charge in [-0.25, -0.2) is 4.39 Å². The van der Waals surface area contributed by atoms with Crippen LogP contribution in [0.4, 0.5) is 4.39 Å². The molecular formula is C16H23ClFNO. The molecule has 0 heterocycles. The molecule has 2 rings (SSSR count). The van der Waals surface area contributed by atoms with E-state index < -0.39 is 0 Å². The minimum absolute atomic E-state index is 0.187. The summed E-state index contributed by atoms with van der Waals surface area (Å²) in [5, 5.41) is 4.10. The number of hydrogen-bond acceptors (Lipinski definition) is 2. The van der Waals surface area contributed by atoms with Gasteiger partial charge in [-0.05, 0) is 62.4 Å². The molecule has 1 aliphatic rings. The minimum Gasteiger partial charge on any atom is -0.377 e. The van der Waals surface area contributed by atoms with Gasteiger partial charge in [-0.15, -0.1) is 0 Å². The van der Waals surface area contributed by atoms with Crippen molar-refractivity contribution >= 4 is 11.6 Å². The Hall–Kier alpha value is -0.640. The molecule has 2 atom stereocenters. The van der Waals surface area contributed by atoms with Crippen molar-refractivity contribution in [1.82, 2.24) is 5.32 Å². The van der Waals surface area contributed by atoms with Gasteiger partial charge in [0, 0.05) is 17.7 Å². The van der Waals surface area contributed by atoms with Crippen LogP contribution in [0.25, 0.3) is 0 Å². The highest BCUT2D eigenvalue weighted by Gasteiger charge is 2.37. The first-order chi connectivity index (χ1) is 9.65. The Morgan fingerprint density at radius 3 is 2.75 bits per heavy atom. The molecule has 1 saturated carbocycles. The van der Waals surface area contributed by atoms with Crippen molar-refractivity contribution in [1.29, 1.82) is 0 Å². The predicted octanol–water partition coefficient (Wildman–Crippen LogP) is 3.81. The van der Waals surface area contributed by atoms with E-state index in [1.165, 1.54) is 25.0 Å². The SMILES string of the molecule is CCNC(Cc1cc(F)ccc1Cl)C(OCC)C1CC1. The Morgan fingerprint density at radius 1 is 1.40 bits per heavy atom. The molecule has 20 heavy (non-hydrogen) atoms. The summed E-state index contributed by atoms with van der Waals surface area (Å²) in [6.45, 7) is 5.68. The molecule has 2 nitrogen and oxygen atoms in total. The van der Waals surface area contributed by atoms with Gasteiger partial charge in [-0.1, -0.05) is 18.5 Å². The summed E-state index contributed by atoms with van der Waals surface area (Å²) in [7, 11) is 0. The first-order valence-electron chi connectivity index (χ1n) is 7.44. The maximum Gasteiger partial charge on any atom is 0.123 e. The van der Waals surface area contributed by atoms with E-state index in [0.29, 0.717) is 24.0 Å². The van der Waals surface area contributed by atoms with E-state index >= 15 is 0 Å². The van der Waals surface area contributed by atoms with E-state index in [0.717, 1.165) is 12.1 Å². The second kappa shape index (κ2) is 7.39. The average Bonchev–Trinajstić information content (AvgIpc) is 3.24. The predicted molar refractivity (Wildman–Crippen MR) is 80.7 cm³/mol. The van der Waals surface area contributed by atoms with Crippen molar-refractivity contribution in [3.05, 3.63) is 34.6 Å². The summed E-state index contributed by atoms with van der Waals surface area (Å²) in [4.78, 5) is 0. The second-order valence-electron chi connectivity index (χ2n) is 5.36. The molecule has 0 aromatic heterocycles. The fourth-order valence-electron chi connectivity index (χ4n) is 2.70. The first kappa shape index (κ1) is 15.7. The molecule has 2 unspecified atom stereocenters. The molecule has 1 fully saturated rings. The summed E-state index contributed by atoms with van der Waals surface area (Å²) in [6, 6.07) is 4.74.